The summed E-state index contributed by atoms with van der Waals surface area (Å²) in [6.45, 7) is 4.19. The molecule has 0 aromatic heterocycles. The first-order valence-corrected chi connectivity index (χ1v) is 6.03. The van der Waals surface area contributed by atoms with Crippen LogP contribution >= 0.6 is 0 Å². The Morgan fingerprint density at radius 2 is 1.94 bits per heavy atom. The maximum Gasteiger partial charge on any atom is 0.132 e. The van der Waals surface area contributed by atoms with Crippen molar-refractivity contribution >= 4 is 10.8 Å². The van der Waals surface area contributed by atoms with Crippen molar-refractivity contribution in [3.05, 3.63) is 42.0 Å². The van der Waals surface area contributed by atoms with E-state index in [-0.39, 0.29) is 11.6 Å². The molecule has 0 radical (unpaired) electrons. The number of ether oxygens (including phenoxy) is 1. The van der Waals surface area contributed by atoms with Crippen molar-refractivity contribution < 1.29 is 4.74 Å². The molecule has 2 nitrogen and oxygen atoms in total. The number of hydrogen-bond donors (Lipinski definition) is 1. The van der Waals surface area contributed by atoms with Crippen LogP contribution in [0, 0.1) is 0 Å². The molecule has 88 valence electrons. The van der Waals surface area contributed by atoms with Gasteiger partial charge in [0, 0.05) is 23.4 Å². The number of fused-ring (bicyclic) bond motifs is 3. The first-order valence-electron chi connectivity index (χ1n) is 6.03. The molecular formula is C15H17NO. The van der Waals surface area contributed by atoms with E-state index in [0.29, 0.717) is 0 Å². The Balaban J connectivity index is 2.28. The Bertz CT molecular complexity index is 574. The lowest BCUT2D eigenvalue weighted by Gasteiger charge is -2.36. The van der Waals surface area contributed by atoms with E-state index in [9.17, 15) is 0 Å². The summed E-state index contributed by atoms with van der Waals surface area (Å²) in [4.78, 5) is 0. The molecule has 1 atom stereocenters. The van der Waals surface area contributed by atoms with Crippen LogP contribution in [0.25, 0.3) is 10.8 Å². The largest absolute Gasteiger partial charge is 0.487 e. The number of nitrogens with two attached hydrogens (primary N) is 1. The normalized spacial score (nSPS) is 21.9. The fraction of sp³-hybridized carbons (Fsp3) is 0.333. The van der Waals surface area contributed by atoms with Gasteiger partial charge in [-0.1, -0.05) is 36.4 Å². The Labute approximate surface area is 101 Å². The summed E-state index contributed by atoms with van der Waals surface area (Å²) < 4.78 is 6.12. The monoisotopic (exact) mass is 227 g/mol. The highest BCUT2D eigenvalue weighted by Gasteiger charge is 2.32. The first kappa shape index (κ1) is 10.6. The molecule has 3 rings (SSSR count). The van der Waals surface area contributed by atoms with Crippen molar-refractivity contribution in [3.63, 3.8) is 0 Å². The van der Waals surface area contributed by atoms with Crippen molar-refractivity contribution in [2.24, 2.45) is 5.73 Å². The number of benzene rings is 2. The van der Waals surface area contributed by atoms with Crippen LogP contribution in [0.15, 0.2) is 36.4 Å². The molecule has 2 aromatic carbocycles. The third-order valence-electron chi connectivity index (χ3n) is 3.40. The van der Waals surface area contributed by atoms with Crippen LogP contribution in [0.1, 0.15) is 31.9 Å². The summed E-state index contributed by atoms with van der Waals surface area (Å²) in [5.41, 5.74) is 7.18. The fourth-order valence-corrected chi connectivity index (χ4v) is 2.62. The van der Waals surface area contributed by atoms with Gasteiger partial charge in [-0.25, -0.2) is 0 Å². The van der Waals surface area contributed by atoms with Gasteiger partial charge in [0.05, 0.1) is 0 Å². The molecule has 0 fully saturated rings. The quantitative estimate of drug-likeness (QED) is 0.748. The van der Waals surface area contributed by atoms with E-state index in [2.05, 4.69) is 38.1 Å². The van der Waals surface area contributed by atoms with Gasteiger partial charge < -0.3 is 10.5 Å². The summed E-state index contributed by atoms with van der Waals surface area (Å²) in [5, 5.41) is 2.37. The highest BCUT2D eigenvalue weighted by atomic mass is 16.5. The second-order valence-corrected chi connectivity index (χ2v) is 5.38. The minimum atomic E-state index is -0.184. The van der Waals surface area contributed by atoms with Crippen molar-refractivity contribution in [2.75, 3.05) is 0 Å². The molecule has 0 bridgehead atoms. The Morgan fingerprint density at radius 3 is 2.76 bits per heavy atom. The molecule has 1 aliphatic heterocycles. The lowest BCUT2D eigenvalue weighted by atomic mass is 9.88. The molecule has 2 N–H and O–H groups in total. The summed E-state index contributed by atoms with van der Waals surface area (Å²) >= 11 is 0. The zero-order chi connectivity index (χ0) is 12.0. The maximum atomic E-state index is 6.23. The van der Waals surface area contributed by atoms with Gasteiger partial charge in [-0.2, -0.15) is 0 Å². The van der Waals surface area contributed by atoms with Crippen molar-refractivity contribution in [3.8, 4) is 5.75 Å². The molecule has 2 heteroatoms. The van der Waals surface area contributed by atoms with Gasteiger partial charge >= 0.3 is 0 Å². The molecule has 1 aliphatic rings. The zero-order valence-electron chi connectivity index (χ0n) is 10.2. The highest BCUT2D eigenvalue weighted by Crippen LogP contribution is 2.42. The summed E-state index contributed by atoms with van der Waals surface area (Å²) in [6.07, 6.45) is 0.859. The fourth-order valence-electron chi connectivity index (χ4n) is 2.62. The second-order valence-electron chi connectivity index (χ2n) is 5.38. The molecule has 0 aliphatic carbocycles. The molecule has 0 saturated heterocycles. The predicted octanol–water partition coefficient (Wildman–Crippen LogP) is 3.40. The topological polar surface area (TPSA) is 35.2 Å². The standard InChI is InChI=1S/C15H17NO/c1-15(2)9-13(16)12-8-7-10-5-3-4-6-11(10)14(12)17-15/h3-8,13H,9,16H2,1-2H3. The number of rotatable bonds is 0. The van der Waals surface area contributed by atoms with E-state index in [0.717, 1.165) is 23.1 Å². The number of hydrogen-bond acceptors (Lipinski definition) is 2. The minimum absolute atomic E-state index is 0.0679. The van der Waals surface area contributed by atoms with Gasteiger partial charge in [0.1, 0.15) is 11.4 Å². The van der Waals surface area contributed by atoms with Crippen LogP contribution < -0.4 is 10.5 Å². The molecule has 0 saturated carbocycles. The van der Waals surface area contributed by atoms with Gasteiger partial charge in [0.15, 0.2) is 0 Å². The Morgan fingerprint density at radius 1 is 1.18 bits per heavy atom. The molecule has 1 unspecified atom stereocenters. The second kappa shape index (κ2) is 3.47. The van der Waals surface area contributed by atoms with E-state index in [1.165, 1.54) is 5.39 Å². The van der Waals surface area contributed by atoms with Crippen LogP contribution in [0.2, 0.25) is 0 Å². The third kappa shape index (κ3) is 1.69. The van der Waals surface area contributed by atoms with Crippen molar-refractivity contribution in [2.45, 2.75) is 31.9 Å². The smallest absolute Gasteiger partial charge is 0.132 e. The SMILES string of the molecule is CC1(C)CC(N)c2ccc3ccccc3c2O1. The zero-order valence-corrected chi connectivity index (χ0v) is 10.2. The van der Waals surface area contributed by atoms with Gasteiger partial charge in [-0.15, -0.1) is 0 Å². The summed E-state index contributed by atoms with van der Waals surface area (Å²) in [7, 11) is 0. The highest BCUT2D eigenvalue weighted by molar-refractivity contribution is 5.90. The summed E-state index contributed by atoms with van der Waals surface area (Å²) in [6, 6.07) is 12.6. The maximum absolute atomic E-state index is 6.23. The summed E-state index contributed by atoms with van der Waals surface area (Å²) in [5.74, 6) is 0.965. The van der Waals surface area contributed by atoms with E-state index < -0.39 is 0 Å². The van der Waals surface area contributed by atoms with Crippen LogP contribution in [0.3, 0.4) is 0 Å². The van der Waals surface area contributed by atoms with Gasteiger partial charge in [-0.3, -0.25) is 0 Å². The third-order valence-corrected chi connectivity index (χ3v) is 3.40. The lowest BCUT2D eigenvalue weighted by molar-refractivity contribution is 0.0750. The van der Waals surface area contributed by atoms with Crippen LogP contribution in [-0.4, -0.2) is 5.60 Å². The molecular weight excluding hydrogens is 210 g/mol. The lowest BCUT2D eigenvalue weighted by Crippen LogP contribution is -2.37. The minimum Gasteiger partial charge on any atom is -0.487 e. The predicted molar refractivity (Wildman–Crippen MR) is 70.2 cm³/mol. The molecule has 1 heterocycles. The van der Waals surface area contributed by atoms with Crippen LogP contribution in [0.5, 0.6) is 5.75 Å². The van der Waals surface area contributed by atoms with Gasteiger partial charge in [0.2, 0.25) is 0 Å². The van der Waals surface area contributed by atoms with Gasteiger partial charge in [-0.05, 0) is 19.2 Å². The van der Waals surface area contributed by atoms with Gasteiger partial charge in [0.25, 0.3) is 0 Å². The van der Waals surface area contributed by atoms with Crippen LogP contribution in [-0.2, 0) is 0 Å². The van der Waals surface area contributed by atoms with Crippen molar-refractivity contribution in [1.82, 2.24) is 0 Å². The van der Waals surface area contributed by atoms with E-state index in [1.807, 2.05) is 12.1 Å². The Hall–Kier alpha value is -1.54. The van der Waals surface area contributed by atoms with E-state index >= 15 is 0 Å². The first-order chi connectivity index (χ1) is 8.07. The van der Waals surface area contributed by atoms with E-state index in [1.54, 1.807) is 0 Å². The average molecular weight is 227 g/mol. The van der Waals surface area contributed by atoms with E-state index in [4.69, 9.17) is 10.5 Å². The molecule has 0 spiro atoms. The van der Waals surface area contributed by atoms with Crippen LogP contribution in [0.4, 0.5) is 0 Å². The molecule has 0 amide bonds. The molecule has 2 aromatic rings. The van der Waals surface area contributed by atoms with Crippen molar-refractivity contribution in [1.29, 1.82) is 0 Å². The Kier molecular flexibility index (Phi) is 2.17. The average Bonchev–Trinajstić information content (AvgIpc) is 2.27. The molecule has 17 heavy (non-hydrogen) atoms.